The van der Waals surface area contributed by atoms with Gasteiger partial charge in [-0.1, -0.05) is 32.4 Å². The van der Waals surface area contributed by atoms with Gasteiger partial charge in [-0.15, -0.1) is 0 Å². The van der Waals surface area contributed by atoms with Crippen molar-refractivity contribution in [2.75, 3.05) is 0 Å². The van der Waals surface area contributed by atoms with Crippen molar-refractivity contribution in [2.45, 2.75) is 32.4 Å². The second kappa shape index (κ2) is 4.90. The standard InChI is InChI=1S/C14H20N2O/c1-3-9(2)14(17)13(15)11-5-4-10-6-7-16-12(10)8-11/h4-9,13-14,16-17H,3,15H2,1-2H3/t9?,13-,14+/m1/s1. The van der Waals surface area contributed by atoms with Crippen molar-refractivity contribution in [2.24, 2.45) is 11.7 Å². The number of fused-ring (bicyclic) bond motifs is 1. The molecule has 2 aromatic rings. The van der Waals surface area contributed by atoms with Crippen LogP contribution in [0, 0.1) is 5.92 Å². The van der Waals surface area contributed by atoms with Crippen molar-refractivity contribution in [3.63, 3.8) is 0 Å². The van der Waals surface area contributed by atoms with E-state index in [0.717, 1.165) is 17.5 Å². The van der Waals surface area contributed by atoms with E-state index in [4.69, 9.17) is 5.73 Å². The Labute approximate surface area is 102 Å². The smallest absolute Gasteiger partial charge is 0.0758 e. The van der Waals surface area contributed by atoms with E-state index < -0.39 is 6.10 Å². The van der Waals surface area contributed by atoms with Crippen LogP contribution in [0.15, 0.2) is 30.5 Å². The Bertz CT molecular complexity index is 492. The van der Waals surface area contributed by atoms with E-state index in [1.165, 1.54) is 5.39 Å². The predicted octanol–water partition coefficient (Wildman–Crippen LogP) is 2.57. The first kappa shape index (κ1) is 12.1. The van der Waals surface area contributed by atoms with Gasteiger partial charge in [-0.25, -0.2) is 0 Å². The molecule has 3 nitrogen and oxygen atoms in total. The zero-order valence-corrected chi connectivity index (χ0v) is 10.4. The summed E-state index contributed by atoms with van der Waals surface area (Å²) in [5.41, 5.74) is 8.15. The topological polar surface area (TPSA) is 62.0 Å². The molecule has 1 heterocycles. The van der Waals surface area contributed by atoms with Gasteiger partial charge in [0.1, 0.15) is 0 Å². The molecule has 3 atom stereocenters. The van der Waals surface area contributed by atoms with Gasteiger partial charge < -0.3 is 15.8 Å². The van der Waals surface area contributed by atoms with E-state index >= 15 is 0 Å². The van der Waals surface area contributed by atoms with Crippen LogP contribution in [-0.2, 0) is 0 Å². The van der Waals surface area contributed by atoms with Crippen LogP contribution in [0.4, 0.5) is 0 Å². The van der Waals surface area contributed by atoms with Crippen LogP contribution in [0.2, 0.25) is 0 Å². The molecular formula is C14H20N2O. The summed E-state index contributed by atoms with van der Waals surface area (Å²) in [4.78, 5) is 3.16. The van der Waals surface area contributed by atoms with E-state index in [0.29, 0.717) is 0 Å². The molecule has 2 rings (SSSR count). The molecule has 0 aliphatic rings. The summed E-state index contributed by atoms with van der Waals surface area (Å²) in [6.07, 6.45) is 2.34. The highest BCUT2D eigenvalue weighted by atomic mass is 16.3. The molecule has 3 heteroatoms. The maximum atomic E-state index is 10.1. The summed E-state index contributed by atoms with van der Waals surface area (Å²) in [6, 6.07) is 7.75. The van der Waals surface area contributed by atoms with Crippen LogP contribution >= 0.6 is 0 Å². The minimum absolute atomic E-state index is 0.212. The summed E-state index contributed by atoms with van der Waals surface area (Å²) < 4.78 is 0. The number of hydrogen-bond acceptors (Lipinski definition) is 2. The summed E-state index contributed by atoms with van der Waals surface area (Å²) >= 11 is 0. The minimum atomic E-state index is -0.493. The molecule has 1 aromatic heterocycles. The molecule has 0 amide bonds. The van der Waals surface area contributed by atoms with E-state index in [-0.39, 0.29) is 12.0 Å². The fourth-order valence-electron chi connectivity index (χ4n) is 2.07. The van der Waals surface area contributed by atoms with Gasteiger partial charge in [-0.05, 0) is 29.0 Å². The Kier molecular flexibility index (Phi) is 3.50. The number of hydrogen-bond donors (Lipinski definition) is 3. The van der Waals surface area contributed by atoms with Gasteiger partial charge in [0.05, 0.1) is 12.1 Å². The van der Waals surface area contributed by atoms with Crippen molar-refractivity contribution >= 4 is 10.9 Å². The van der Waals surface area contributed by atoms with Crippen LogP contribution in [0.3, 0.4) is 0 Å². The van der Waals surface area contributed by atoms with Crippen LogP contribution in [0.5, 0.6) is 0 Å². The van der Waals surface area contributed by atoms with Gasteiger partial charge in [0.25, 0.3) is 0 Å². The first-order valence-electron chi connectivity index (χ1n) is 6.14. The van der Waals surface area contributed by atoms with Crippen molar-refractivity contribution in [1.82, 2.24) is 4.98 Å². The Balaban J connectivity index is 2.26. The molecule has 0 aliphatic carbocycles. The van der Waals surface area contributed by atoms with Crippen LogP contribution < -0.4 is 5.73 Å². The molecule has 0 radical (unpaired) electrons. The summed E-state index contributed by atoms with van der Waals surface area (Å²) in [5.74, 6) is 0.212. The number of aliphatic hydroxyl groups is 1. The zero-order chi connectivity index (χ0) is 12.4. The second-order valence-electron chi connectivity index (χ2n) is 4.73. The highest BCUT2D eigenvalue weighted by molar-refractivity contribution is 5.79. The van der Waals surface area contributed by atoms with Crippen LogP contribution in [0.1, 0.15) is 31.9 Å². The van der Waals surface area contributed by atoms with Crippen molar-refractivity contribution < 1.29 is 5.11 Å². The largest absolute Gasteiger partial charge is 0.391 e. The molecule has 0 saturated carbocycles. The number of aromatic nitrogens is 1. The zero-order valence-electron chi connectivity index (χ0n) is 10.4. The number of rotatable bonds is 4. The fraction of sp³-hybridized carbons (Fsp3) is 0.429. The highest BCUT2D eigenvalue weighted by Crippen LogP contribution is 2.24. The molecule has 17 heavy (non-hydrogen) atoms. The van der Waals surface area contributed by atoms with Crippen LogP contribution in [0.25, 0.3) is 10.9 Å². The Morgan fingerprint density at radius 2 is 2.12 bits per heavy atom. The summed E-state index contributed by atoms with van der Waals surface area (Å²) in [7, 11) is 0. The fourth-order valence-corrected chi connectivity index (χ4v) is 2.07. The SMILES string of the molecule is CCC(C)[C@H](O)[C@H](N)c1ccc2cc[nH]c2c1. The number of nitrogens with two attached hydrogens (primary N) is 1. The number of H-pyrrole nitrogens is 1. The number of nitrogens with one attached hydrogen (secondary N) is 1. The van der Waals surface area contributed by atoms with Gasteiger partial charge in [-0.2, -0.15) is 0 Å². The van der Waals surface area contributed by atoms with Crippen molar-refractivity contribution in [1.29, 1.82) is 0 Å². The van der Waals surface area contributed by atoms with Gasteiger partial charge in [0.2, 0.25) is 0 Å². The maximum Gasteiger partial charge on any atom is 0.0758 e. The molecule has 0 fully saturated rings. The van der Waals surface area contributed by atoms with E-state index in [1.807, 2.05) is 37.4 Å². The van der Waals surface area contributed by atoms with Crippen molar-refractivity contribution in [3.8, 4) is 0 Å². The quantitative estimate of drug-likeness (QED) is 0.758. The molecule has 1 unspecified atom stereocenters. The normalized spacial score (nSPS) is 16.9. The first-order chi connectivity index (χ1) is 8.13. The monoisotopic (exact) mass is 232 g/mol. The number of aliphatic hydroxyl groups excluding tert-OH is 1. The predicted molar refractivity (Wildman–Crippen MR) is 70.7 cm³/mol. The van der Waals surface area contributed by atoms with Crippen molar-refractivity contribution in [3.05, 3.63) is 36.0 Å². The first-order valence-corrected chi connectivity index (χ1v) is 6.14. The third-order valence-corrected chi connectivity index (χ3v) is 3.56. The molecule has 0 spiro atoms. The highest BCUT2D eigenvalue weighted by Gasteiger charge is 2.21. The third kappa shape index (κ3) is 2.35. The third-order valence-electron chi connectivity index (χ3n) is 3.56. The average Bonchev–Trinajstić information content (AvgIpc) is 2.83. The maximum absolute atomic E-state index is 10.1. The molecule has 0 aliphatic heterocycles. The lowest BCUT2D eigenvalue weighted by molar-refractivity contribution is 0.0880. The van der Waals surface area contributed by atoms with E-state index in [9.17, 15) is 5.11 Å². The lowest BCUT2D eigenvalue weighted by Crippen LogP contribution is -2.31. The lowest BCUT2D eigenvalue weighted by Gasteiger charge is -2.24. The molecule has 4 N–H and O–H groups in total. The Hall–Kier alpha value is -1.32. The molecular weight excluding hydrogens is 212 g/mol. The molecule has 92 valence electrons. The van der Waals surface area contributed by atoms with Gasteiger partial charge in [0, 0.05) is 11.7 Å². The summed E-state index contributed by atoms with van der Waals surface area (Å²) in [6.45, 7) is 4.09. The summed E-state index contributed by atoms with van der Waals surface area (Å²) in [5, 5.41) is 11.3. The van der Waals surface area contributed by atoms with E-state index in [2.05, 4.69) is 11.9 Å². The molecule has 1 aromatic carbocycles. The lowest BCUT2D eigenvalue weighted by atomic mass is 9.91. The van der Waals surface area contributed by atoms with Gasteiger partial charge in [-0.3, -0.25) is 0 Å². The molecule has 0 bridgehead atoms. The molecule has 0 saturated heterocycles. The minimum Gasteiger partial charge on any atom is -0.391 e. The second-order valence-corrected chi connectivity index (χ2v) is 4.73. The number of benzene rings is 1. The average molecular weight is 232 g/mol. The van der Waals surface area contributed by atoms with Gasteiger partial charge >= 0.3 is 0 Å². The Morgan fingerprint density at radius 3 is 2.82 bits per heavy atom. The van der Waals surface area contributed by atoms with Gasteiger partial charge in [0.15, 0.2) is 0 Å². The van der Waals surface area contributed by atoms with E-state index in [1.54, 1.807) is 0 Å². The Morgan fingerprint density at radius 1 is 1.35 bits per heavy atom. The van der Waals surface area contributed by atoms with Crippen LogP contribution in [-0.4, -0.2) is 16.2 Å². The number of aromatic amines is 1.